The van der Waals surface area contributed by atoms with Gasteiger partial charge in [0.25, 0.3) is 11.7 Å². The summed E-state index contributed by atoms with van der Waals surface area (Å²) in [6.45, 7) is 1.06. The van der Waals surface area contributed by atoms with E-state index < -0.39 is 17.7 Å². The average Bonchev–Trinajstić information content (AvgIpc) is 3.13. The second kappa shape index (κ2) is 8.94. The molecular weight excluding hydrogens is 434 g/mol. The van der Waals surface area contributed by atoms with Crippen LogP contribution in [0.2, 0.25) is 0 Å². The molecule has 1 amide bonds. The van der Waals surface area contributed by atoms with Gasteiger partial charge in [0.2, 0.25) is 0 Å². The fourth-order valence-corrected chi connectivity index (χ4v) is 4.30. The molecule has 172 valence electrons. The van der Waals surface area contributed by atoms with Gasteiger partial charge < -0.3 is 24.2 Å². The van der Waals surface area contributed by atoms with Crippen LogP contribution in [0.25, 0.3) is 5.76 Å². The zero-order valence-corrected chi connectivity index (χ0v) is 18.6. The number of ether oxygens (including phenoxy) is 3. The number of fused-ring (bicyclic) bond motifs is 1. The van der Waals surface area contributed by atoms with Gasteiger partial charge in [-0.2, -0.15) is 0 Å². The molecule has 7 nitrogen and oxygen atoms in total. The maximum absolute atomic E-state index is 13.2. The molecule has 1 fully saturated rings. The standard InChI is InChI=1S/C27H23NO6/c1-32-20-10-7-18(8-11-20)24-23(25(29)19-9-12-21-22(15-19)34-14-13-33-21)26(30)27(31)28(24)16-17-5-3-2-4-6-17/h2-12,15,24,29H,13-14,16H2,1H3/t24-/m0/s1. The van der Waals surface area contributed by atoms with E-state index in [1.54, 1.807) is 49.6 Å². The van der Waals surface area contributed by atoms with Crippen LogP contribution in [-0.4, -0.2) is 42.0 Å². The molecule has 0 saturated carbocycles. The molecule has 2 aliphatic heterocycles. The Morgan fingerprint density at radius 3 is 2.38 bits per heavy atom. The molecule has 5 rings (SSSR count). The lowest BCUT2D eigenvalue weighted by Gasteiger charge is -2.25. The minimum Gasteiger partial charge on any atom is -0.507 e. The number of Topliss-reactive ketones (excluding diaryl/α,β-unsaturated/α-hetero) is 1. The Hall–Kier alpha value is -4.26. The fraction of sp³-hybridized carbons (Fsp3) is 0.185. The molecule has 0 aromatic heterocycles. The van der Waals surface area contributed by atoms with E-state index in [1.165, 1.54) is 4.90 Å². The van der Waals surface area contributed by atoms with Crippen molar-refractivity contribution in [3.8, 4) is 17.2 Å². The van der Waals surface area contributed by atoms with Crippen molar-refractivity contribution in [2.75, 3.05) is 20.3 Å². The van der Waals surface area contributed by atoms with Gasteiger partial charge in [0.05, 0.1) is 18.7 Å². The van der Waals surface area contributed by atoms with Crippen molar-refractivity contribution in [3.05, 3.63) is 95.1 Å². The van der Waals surface area contributed by atoms with Gasteiger partial charge in [-0.15, -0.1) is 0 Å². The molecule has 0 radical (unpaired) electrons. The SMILES string of the molecule is COc1ccc([C@H]2C(=C(O)c3ccc4c(c3)OCCO4)C(=O)C(=O)N2Cc2ccccc2)cc1. The minimum atomic E-state index is -0.765. The number of aliphatic hydroxyl groups excluding tert-OH is 1. The molecule has 0 aliphatic carbocycles. The summed E-state index contributed by atoms with van der Waals surface area (Å²) in [6.07, 6.45) is 0. The van der Waals surface area contributed by atoms with E-state index in [-0.39, 0.29) is 17.9 Å². The molecule has 0 unspecified atom stereocenters. The summed E-state index contributed by atoms with van der Waals surface area (Å²) >= 11 is 0. The summed E-state index contributed by atoms with van der Waals surface area (Å²) < 4.78 is 16.4. The lowest BCUT2D eigenvalue weighted by molar-refractivity contribution is -0.140. The van der Waals surface area contributed by atoms with Crippen LogP contribution in [-0.2, 0) is 16.1 Å². The maximum Gasteiger partial charge on any atom is 0.295 e. The summed E-state index contributed by atoms with van der Waals surface area (Å²) in [5.41, 5.74) is 1.97. The Kier molecular flexibility index (Phi) is 5.67. The van der Waals surface area contributed by atoms with Gasteiger partial charge in [-0.1, -0.05) is 42.5 Å². The van der Waals surface area contributed by atoms with Crippen molar-refractivity contribution in [2.24, 2.45) is 0 Å². The minimum absolute atomic E-state index is 0.0303. The average molecular weight is 457 g/mol. The van der Waals surface area contributed by atoms with Gasteiger partial charge in [0.1, 0.15) is 24.7 Å². The Morgan fingerprint density at radius 1 is 0.971 bits per heavy atom. The number of methoxy groups -OCH3 is 1. The Bertz CT molecular complexity index is 1270. The maximum atomic E-state index is 13.2. The predicted octanol–water partition coefficient (Wildman–Crippen LogP) is 4.09. The largest absolute Gasteiger partial charge is 0.507 e. The molecule has 1 N–H and O–H groups in total. The molecule has 0 bridgehead atoms. The first-order valence-electron chi connectivity index (χ1n) is 10.9. The zero-order chi connectivity index (χ0) is 23.7. The van der Waals surface area contributed by atoms with Crippen LogP contribution >= 0.6 is 0 Å². The summed E-state index contributed by atoms with van der Waals surface area (Å²) in [5, 5.41) is 11.3. The number of rotatable bonds is 5. The third-order valence-corrected chi connectivity index (χ3v) is 5.98. The third-order valence-electron chi connectivity index (χ3n) is 5.98. The first-order valence-corrected chi connectivity index (χ1v) is 10.9. The number of aliphatic hydroxyl groups is 1. The fourth-order valence-electron chi connectivity index (χ4n) is 4.30. The van der Waals surface area contributed by atoms with E-state index in [0.717, 1.165) is 5.56 Å². The van der Waals surface area contributed by atoms with Gasteiger partial charge in [0.15, 0.2) is 11.5 Å². The summed E-state index contributed by atoms with van der Waals surface area (Å²) in [6, 6.07) is 20.8. The summed E-state index contributed by atoms with van der Waals surface area (Å²) in [7, 11) is 1.57. The molecule has 7 heteroatoms. The van der Waals surface area contributed by atoms with Crippen LogP contribution in [0.5, 0.6) is 17.2 Å². The number of benzene rings is 3. The van der Waals surface area contributed by atoms with Gasteiger partial charge in [-0.05, 0) is 41.5 Å². The van der Waals surface area contributed by atoms with Crippen molar-refractivity contribution in [1.29, 1.82) is 0 Å². The number of likely N-dealkylation sites (tertiary alicyclic amines) is 1. The van der Waals surface area contributed by atoms with Crippen LogP contribution in [0.1, 0.15) is 22.7 Å². The highest BCUT2D eigenvalue weighted by Crippen LogP contribution is 2.42. The quantitative estimate of drug-likeness (QED) is 0.353. The van der Waals surface area contributed by atoms with Gasteiger partial charge in [-0.3, -0.25) is 9.59 Å². The molecule has 34 heavy (non-hydrogen) atoms. The third kappa shape index (κ3) is 3.85. The monoisotopic (exact) mass is 457 g/mol. The van der Waals surface area contributed by atoms with Gasteiger partial charge in [-0.25, -0.2) is 0 Å². The van der Waals surface area contributed by atoms with E-state index in [1.807, 2.05) is 30.3 Å². The lowest BCUT2D eigenvalue weighted by atomic mass is 9.95. The van der Waals surface area contributed by atoms with E-state index in [0.29, 0.717) is 41.6 Å². The Morgan fingerprint density at radius 2 is 1.68 bits per heavy atom. The van der Waals surface area contributed by atoms with Crippen molar-refractivity contribution in [3.63, 3.8) is 0 Å². The van der Waals surface area contributed by atoms with Crippen molar-refractivity contribution in [1.82, 2.24) is 4.90 Å². The Balaban J connectivity index is 1.62. The van der Waals surface area contributed by atoms with E-state index in [2.05, 4.69) is 0 Å². The van der Waals surface area contributed by atoms with Gasteiger partial charge >= 0.3 is 0 Å². The van der Waals surface area contributed by atoms with Crippen molar-refractivity contribution < 1.29 is 28.9 Å². The number of ketones is 1. The molecule has 1 saturated heterocycles. The molecule has 2 aliphatic rings. The van der Waals surface area contributed by atoms with Crippen molar-refractivity contribution >= 4 is 17.4 Å². The van der Waals surface area contributed by atoms with Crippen LogP contribution in [0, 0.1) is 0 Å². The first kappa shape index (κ1) is 21.6. The Labute approximate surface area is 196 Å². The van der Waals surface area contributed by atoms with E-state index in [4.69, 9.17) is 14.2 Å². The van der Waals surface area contributed by atoms with Crippen LogP contribution in [0.3, 0.4) is 0 Å². The normalized spacial score (nSPS) is 18.7. The topological polar surface area (TPSA) is 85.3 Å². The predicted molar refractivity (Wildman–Crippen MR) is 125 cm³/mol. The second-order valence-corrected chi connectivity index (χ2v) is 8.04. The number of nitrogens with zero attached hydrogens (tertiary/aromatic N) is 1. The summed E-state index contributed by atoms with van der Waals surface area (Å²) in [5.74, 6) is 0.0454. The number of hydrogen-bond donors (Lipinski definition) is 1. The number of hydrogen-bond acceptors (Lipinski definition) is 6. The molecule has 1 atom stereocenters. The van der Waals surface area contributed by atoms with Crippen LogP contribution in [0.4, 0.5) is 0 Å². The first-order chi connectivity index (χ1) is 16.6. The van der Waals surface area contributed by atoms with E-state index >= 15 is 0 Å². The highest BCUT2D eigenvalue weighted by atomic mass is 16.6. The molecular formula is C27H23NO6. The smallest absolute Gasteiger partial charge is 0.295 e. The summed E-state index contributed by atoms with van der Waals surface area (Å²) in [4.78, 5) is 27.9. The number of carbonyl (C=O) groups is 2. The van der Waals surface area contributed by atoms with E-state index in [9.17, 15) is 14.7 Å². The second-order valence-electron chi connectivity index (χ2n) is 8.04. The lowest BCUT2D eigenvalue weighted by Crippen LogP contribution is -2.29. The molecule has 0 spiro atoms. The number of carbonyl (C=O) groups excluding carboxylic acids is 2. The highest BCUT2D eigenvalue weighted by Gasteiger charge is 2.46. The van der Waals surface area contributed by atoms with Crippen molar-refractivity contribution in [2.45, 2.75) is 12.6 Å². The number of amides is 1. The zero-order valence-electron chi connectivity index (χ0n) is 18.6. The van der Waals surface area contributed by atoms with Crippen LogP contribution < -0.4 is 14.2 Å². The molecule has 2 heterocycles. The molecule has 3 aromatic rings. The highest BCUT2D eigenvalue weighted by molar-refractivity contribution is 6.46. The molecule has 3 aromatic carbocycles. The van der Waals surface area contributed by atoms with Crippen LogP contribution in [0.15, 0.2) is 78.4 Å². The van der Waals surface area contributed by atoms with Gasteiger partial charge in [0, 0.05) is 12.1 Å².